The average molecular weight is 274 g/mol. The van der Waals surface area contributed by atoms with Crippen molar-refractivity contribution in [2.75, 3.05) is 17.6 Å². The lowest BCUT2D eigenvalue weighted by Crippen LogP contribution is -2.15. The van der Waals surface area contributed by atoms with Crippen molar-refractivity contribution in [2.45, 2.75) is 19.5 Å². The Morgan fingerprint density at radius 1 is 1.33 bits per heavy atom. The van der Waals surface area contributed by atoms with Gasteiger partial charge in [-0.05, 0) is 31.0 Å². The molecule has 6 heteroatoms. The van der Waals surface area contributed by atoms with Crippen molar-refractivity contribution in [1.29, 1.82) is 0 Å². The molecule has 0 fully saturated rings. The van der Waals surface area contributed by atoms with E-state index in [0.717, 1.165) is 36.4 Å². The summed E-state index contributed by atoms with van der Waals surface area (Å²) in [4.78, 5) is 4.24. The van der Waals surface area contributed by atoms with E-state index in [4.69, 9.17) is 0 Å². The number of thioether (sulfide) groups is 1. The summed E-state index contributed by atoms with van der Waals surface area (Å²) in [5.41, 5.74) is 0.604. The third-order valence-corrected chi connectivity index (χ3v) is 3.60. The highest BCUT2D eigenvalue weighted by molar-refractivity contribution is 8.14. The van der Waals surface area contributed by atoms with Crippen LogP contribution in [0.2, 0.25) is 0 Å². The Hall–Kier alpha value is -1.17. The quantitative estimate of drug-likeness (QED) is 0.839. The molecule has 0 aromatic heterocycles. The number of anilines is 1. The van der Waals surface area contributed by atoms with Gasteiger partial charge in [0.15, 0.2) is 5.17 Å². The molecule has 18 heavy (non-hydrogen) atoms. The third-order valence-electron chi connectivity index (χ3n) is 2.60. The minimum atomic E-state index is -4.31. The fraction of sp³-hybridized carbons (Fsp3) is 0.417. The van der Waals surface area contributed by atoms with Crippen LogP contribution in [0.1, 0.15) is 17.5 Å². The highest BCUT2D eigenvalue weighted by Crippen LogP contribution is 2.32. The normalized spacial score (nSPS) is 16.3. The summed E-state index contributed by atoms with van der Waals surface area (Å²) >= 11 is 1.54. The Labute approximate surface area is 108 Å². The maximum atomic E-state index is 12.6. The zero-order valence-electron chi connectivity index (χ0n) is 9.84. The smallest absolute Gasteiger partial charge is 0.335 e. The van der Waals surface area contributed by atoms with Gasteiger partial charge in [0.1, 0.15) is 0 Å². The first-order valence-electron chi connectivity index (χ1n) is 5.59. The molecule has 0 unspecified atom stereocenters. The van der Waals surface area contributed by atoms with E-state index in [-0.39, 0.29) is 0 Å². The lowest BCUT2D eigenvalue weighted by Gasteiger charge is -2.16. The number of benzene rings is 1. The van der Waals surface area contributed by atoms with Crippen molar-refractivity contribution in [3.05, 3.63) is 29.3 Å². The van der Waals surface area contributed by atoms with Gasteiger partial charge in [0.25, 0.3) is 0 Å². The highest BCUT2D eigenvalue weighted by Gasteiger charge is 2.30. The third kappa shape index (κ3) is 3.19. The largest absolute Gasteiger partial charge is 0.416 e. The second kappa shape index (κ2) is 5.22. The van der Waals surface area contributed by atoms with Crippen molar-refractivity contribution < 1.29 is 13.2 Å². The van der Waals surface area contributed by atoms with E-state index < -0.39 is 11.7 Å². The lowest BCUT2D eigenvalue weighted by atomic mass is 10.1. The first kappa shape index (κ1) is 13.3. The second-order valence-electron chi connectivity index (χ2n) is 4.04. The van der Waals surface area contributed by atoms with E-state index in [0.29, 0.717) is 10.9 Å². The maximum absolute atomic E-state index is 12.6. The number of halogens is 3. The van der Waals surface area contributed by atoms with Gasteiger partial charge >= 0.3 is 6.18 Å². The summed E-state index contributed by atoms with van der Waals surface area (Å²) in [5, 5.41) is 3.67. The van der Waals surface area contributed by atoms with Crippen LogP contribution in [0.5, 0.6) is 0 Å². The van der Waals surface area contributed by atoms with Crippen LogP contribution in [0.25, 0.3) is 0 Å². The van der Waals surface area contributed by atoms with Crippen LogP contribution in [-0.2, 0) is 6.18 Å². The molecule has 1 aliphatic rings. The van der Waals surface area contributed by atoms with Gasteiger partial charge < -0.3 is 5.32 Å². The molecule has 0 spiro atoms. The van der Waals surface area contributed by atoms with E-state index in [2.05, 4.69) is 10.3 Å². The number of nitrogens with one attached hydrogen (secondary N) is 1. The molecule has 1 heterocycles. The molecule has 2 nitrogen and oxygen atoms in total. The Morgan fingerprint density at radius 3 is 2.72 bits per heavy atom. The minimum absolute atomic E-state index is 0.470. The monoisotopic (exact) mass is 274 g/mol. The predicted molar refractivity (Wildman–Crippen MR) is 69.2 cm³/mol. The molecule has 0 bridgehead atoms. The summed E-state index contributed by atoms with van der Waals surface area (Å²) in [6, 6.07) is 3.70. The summed E-state index contributed by atoms with van der Waals surface area (Å²) in [6.45, 7) is 2.50. The van der Waals surface area contributed by atoms with Gasteiger partial charge in [0.05, 0.1) is 5.56 Å². The Kier molecular flexibility index (Phi) is 3.85. The minimum Gasteiger partial charge on any atom is -0.335 e. The van der Waals surface area contributed by atoms with Crippen molar-refractivity contribution in [3.63, 3.8) is 0 Å². The number of rotatable bonds is 1. The fourth-order valence-corrected chi connectivity index (χ4v) is 2.41. The number of amidine groups is 1. The summed E-state index contributed by atoms with van der Waals surface area (Å²) in [6.07, 6.45) is -3.30. The summed E-state index contributed by atoms with van der Waals surface area (Å²) < 4.78 is 37.8. The van der Waals surface area contributed by atoms with E-state index in [1.54, 1.807) is 6.92 Å². The molecule has 0 aliphatic carbocycles. The van der Waals surface area contributed by atoms with Gasteiger partial charge in [-0.2, -0.15) is 13.2 Å². The molecule has 1 aromatic rings. The van der Waals surface area contributed by atoms with E-state index in [1.807, 2.05) is 0 Å². The molecule has 0 amide bonds. The molecule has 1 aromatic carbocycles. The van der Waals surface area contributed by atoms with Gasteiger partial charge in [-0.3, -0.25) is 4.99 Å². The topological polar surface area (TPSA) is 24.4 Å². The second-order valence-corrected chi connectivity index (χ2v) is 5.12. The van der Waals surface area contributed by atoms with Gasteiger partial charge in [0, 0.05) is 18.0 Å². The van der Waals surface area contributed by atoms with Gasteiger partial charge in [-0.1, -0.05) is 17.8 Å². The number of aryl methyl sites for hydroxylation is 1. The van der Waals surface area contributed by atoms with Gasteiger partial charge in [-0.25, -0.2) is 0 Å². The zero-order chi connectivity index (χ0) is 13.2. The number of alkyl halides is 3. The lowest BCUT2D eigenvalue weighted by molar-refractivity contribution is -0.137. The molecule has 1 aliphatic heterocycles. The van der Waals surface area contributed by atoms with Crippen LogP contribution < -0.4 is 5.32 Å². The van der Waals surface area contributed by atoms with Crippen molar-refractivity contribution in [1.82, 2.24) is 0 Å². The van der Waals surface area contributed by atoms with Crippen LogP contribution in [0, 0.1) is 6.92 Å². The standard InChI is InChI=1S/C12H13F3N2S/c1-8-3-4-9(12(13,14)15)7-10(8)17-11-16-5-2-6-18-11/h3-4,7H,2,5-6H2,1H3,(H,16,17). The number of hydrogen-bond donors (Lipinski definition) is 1. The highest BCUT2D eigenvalue weighted by atomic mass is 32.2. The number of hydrogen-bond acceptors (Lipinski definition) is 3. The molecule has 0 radical (unpaired) electrons. The molecule has 98 valence electrons. The Morgan fingerprint density at radius 2 is 2.11 bits per heavy atom. The van der Waals surface area contributed by atoms with Crippen LogP contribution in [0.15, 0.2) is 23.2 Å². The van der Waals surface area contributed by atoms with Crippen LogP contribution in [0.4, 0.5) is 18.9 Å². The van der Waals surface area contributed by atoms with E-state index in [1.165, 1.54) is 17.8 Å². The van der Waals surface area contributed by atoms with Crippen LogP contribution >= 0.6 is 11.8 Å². The molecule has 0 saturated heterocycles. The summed E-state index contributed by atoms with van der Waals surface area (Å²) in [7, 11) is 0. The van der Waals surface area contributed by atoms with Crippen LogP contribution in [0.3, 0.4) is 0 Å². The number of aliphatic imine (C=N–C) groups is 1. The van der Waals surface area contributed by atoms with Crippen molar-refractivity contribution in [3.8, 4) is 0 Å². The van der Waals surface area contributed by atoms with Gasteiger partial charge in [-0.15, -0.1) is 0 Å². The van der Waals surface area contributed by atoms with Gasteiger partial charge in [0.2, 0.25) is 0 Å². The molecule has 0 saturated carbocycles. The molecule has 0 atom stereocenters. The predicted octanol–water partition coefficient (Wildman–Crippen LogP) is 3.92. The molecule has 1 N–H and O–H groups in total. The SMILES string of the molecule is Cc1ccc(C(F)(F)F)cc1NC1=NCCCS1. The zero-order valence-corrected chi connectivity index (χ0v) is 10.7. The molecular weight excluding hydrogens is 261 g/mol. The van der Waals surface area contributed by atoms with Crippen molar-refractivity contribution in [2.24, 2.45) is 4.99 Å². The number of nitrogens with zero attached hydrogens (tertiary/aromatic N) is 1. The van der Waals surface area contributed by atoms with E-state index >= 15 is 0 Å². The fourth-order valence-electron chi connectivity index (χ4n) is 1.58. The first-order chi connectivity index (χ1) is 8.47. The van der Waals surface area contributed by atoms with Crippen molar-refractivity contribution >= 4 is 22.6 Å². The maximum Gasteiger partial charge on any atom is 0.416 e. The molecule has 2 rings (SSSR count). The average Bonchev–Trinajstić information content (AvgIpc) is 2.32. The Bertz CT molecular complexity index is 469. The summed E-state index contributed by atoms with van der Waals surface area (Å²) in [5.74, 6) is 0.948. The first-order valence-corrected chi connectivity index (χ1v) is 6.57. The van der Waals surface area contributed by atoms with E-state index in [9.17, 15) is 13.2 Å². The molecular formula is C12H13F3N2S. The Balaban J connectivity index is 2.24. The van der Waals surface area contributed by atoms with Crippen LogP contribution in [-0.4, -0.2) is 17.5 Å².